The second kappa shape index (κ2) is 7.41. The molecule has 2 unspecified atom stereocenters. The van der Waals surface area contributed by atoms with Crippen molar-refractivity contribution in [2.45, 2.75) is 51.7 Å². The summed E-state index contributed by atoms with van der Waals surface area (Å²) in [5, 5.41) is 0. The minimum atomic E-state index is -0.265. The minimum Gasteiger partial charge on any atom is -0.374 e. The minimum absolute atomic E-state index is 0.265. The fraction of sp³-hybridized carbons (Fsp3) is 0.562. The van der Waals surface area contributed by atoms with Gasteiger partial charge in [-0.05, 0) is 30.4 Å². The predicted molar refractivity (Wildman–Crippen MR) is 78.9 cm³/mol. The van der Waals surface area contributed by atoms with Crippen LogP contribution in [0.3, 0.4) is 0 Å². The molecule has 0 radical (unpaired) electrons. The molecule has 4 nitrogen and oxygen atoms in total. The lowest BCUT2D eigenvalue weighted by Gasteiger charge is -2.28. The van der Waals surface area contributed by atoms with Gasteiger partial charge in [0, 0.05) is 5.56 Å². The Morgan fingerprint density at radius 3 is 2.95 bits per heavy atom. The smallest absolute Gasteiger partial charge is 0.265 e. The van der Waals surface area contributed by atoms with Gasteiger partial charge in [0.1, 0.15) is 0 Å². The lowest BCUT2D eigenvalue weighted by Crippen LogP contribution is -2.31. The van der Waals surface area contributed by atoms with E-state index < -0.39 is 0 Å². The highest BCUT2D eigenvalue weighted by atomic mass is 16.5. The molecule has 1 aliphatic rings. The van der Waals surface area contributed by atoms with Crippen LogP contribution in [0.25, 0.3) is 0 Å². The van der Waals surface area contributed by atoms with Gasteiger partial charge in [0.2, 0.25) is 0 Å². The van der Waals surface area contributed by atoms with Crippen molar-refractivity contribution in [2.24, 2.45) is 11.8 Å². The Kier molecular flexibility index (Phi) is 5.56. The van der Waals surface area contributed by atoms with Gasteiger partial charge >= 0.3 is 0 Å². The summed E-state index contributed by atoms with van der Waals surface area (Å²) in [6.07, 6.45) is 6.38. The molecule has 4 heteroatoms. The van der Waals surface area contributed by atoms with Crippen molar-refractivity contribution in [1.82, 2.24) is 5.43 Å². The van der Waals surface area contributed by atoms with E-state index >= 15 is 0 Å². The maximum absolute atomic E-state index is 11.7. The first kappa shape index (κ1) is 15.0. The number of hydrogen-bond donors (Lipinski definition) is 2. The maximum Gasteiger partial charge on any atom is 0.265 e. The molecule has 20 heavy (non-hydrogen) atoms. The number of hydrazine groups is 1. The molecule has 1 aromatic carbocycles. The van der Waals surface area contributed by atoms with Crippen LogP contribution in [0.15, 0.2) is 24.3 Å². The molecule has 0 spiro atoms. The lowest BCUT2D eigenvalue weighted by atomic mass is 9.85. The Balaban J connectivity index is 1.95. The van der Waals surface area contributed by atoms with Crippen LogP contribution in [-0.2, 0) is 11.3 Å². The second-order valence-electron chi connectivity index (χ2n) is 5.50. The summed E-state index contributed by atoms with van der Waals surface area (Å²) in [4.78, 5) is 11.7. The molecule has 1 amide bonds. The molecule has 1 aromatic rings. The highest BCUT2D eigenvalue weighted by Crippen LogP contribution is 2.29. The summed E-state index contributed by atoms with van der Waals surface area (Å²) in [7, 11) is 0. The van der Waals surface area contributed by atoms with Gasteiger partial charge in [-0.1, -0.05) is 44.4 Å². The van der Waals surface area contributed by atoms with E-state index in [1.165, 1.54) is 19.3 Å². The molecule has 110 valence electrons. The summed E-state index contributed by atoms with van der Waals surface area (Å²) < 4.78 is 6.02. The summed E-state index contributed by atoms with van der Waals surface area (Å²) in [6, 6.07) is 7.45. The van der Waals surface area contributed by atoms with E-state index in [4.69, 9.17) is 10.6 Å². The average Bonchev–Trinajstić information content (AvgIpc) is 2.52. The van der Waals surface area contributed by atoms with E-state index in [1.807, 2.05) is 18.2 Å². The van der Waals surface area contributed by atoms with E-state index in [2.05, 4.69) is 12.3 Å². The third-order valence-electron chi connectivity index (χ3n) is 4.18. The first-order valence-electron chi connectivity index (χ1n) is 7.45. The number of nitrogens with two attached hydrogens (primary N) is 1. The average molecular weight is 276 g/mol. The van der Waals surface area contributed by atoms with Gasteiger partial charge in [-0.15, -0.1) is 0 Å². The van der Waals surface area contributed by atoms with Crippen molar-refractivity contribution in [3.63, 3.8) is 0 Å². The number of amides is 1. The highest BCUT2D eigenvalue weighted by molar-refractivity contribution is 5.95. The van der Waals surface area contributed by atoms with Crippen molar-refractivity contribution in [1.29, 1.82) is 0 Å². The maximum atomic E-state index is 11.7. The Labute approximate surface area is 120 Å². The number of nitrogens with one attached hydrogen (secondary N) is 1. The number of hydrogen-bond acceptors (Lipinski definition) is 3. The van der Waals surface area contributed by atoms with Crippen LogP contribution < -0.4 is 11.3 Å². The molecule has 0 aliphatic heterocycles. The summed E-state index contributed by atoms with van der Waals surface area (Å²) in [5.74, 6) is 5.73. The van der Waals surface area contributed by atoms with Gasteiger partial charge in [-0.2, -0.15) is 0 Å². The molecule has 0 saturated heterocycles. The topological polar surface area (TPSA) is 64.3 Å². The van der Waals surface area contributed by atoms with Crippen molar-refractivity contribution in [3.05, 3.63) is 35.4 Å². The zero-order valence-corrected chi connectivity index (χ0v) is 12.1. The number of carbonyl (C=O) groups is 1. The van der Waals surface area contributed by atoms with Gasteiger partial charge in [0.15, 0.2) is 0 Å². The number of rotatable bonds is 5. The van der Waals surface area contributed by atoms with Crippen LogP contribution in [0, 0.1) is 5.92 Å². The van der Waals surface area contributed by atoms with Gasteiger partial charge in [-0.3, -0.25) is 10.2 Å². The quantitative estimate of drug-likeness (QED) is 0.494. The number of ether oxygens (including phenoxy) is 1. The first-order valence-corrected chi connectivity index (χ1v) is 7.45. The molecular weight excluding hydrogens is 252 g/mol. The largest absolute Gasteiger partial charge is 0.374 e. The molecule has 0 heterocycles. The van der Waals surface area contributed by atoms with Crippen molar-refractivity contribution < 1.29 is 9.53 Å². The van der Waals surface area contributed by atoms with Gasteiger partial charge in [0.25, 0.3) is 5.91 Å². The van der Waals surface area contributed by atoms with E-state index in [-0.39, 0.29) is 5.91 Å². The van der Waals surface area contributed by atoms with E-state index in [1.54, 1.807) is 6.07 Å². The molecule has 2 rings (SSSR count). The number of nitrogen functional groups attached to an aromatic ring is 1. The van der Waals surface area contributed by atoms with Crippen molar-refractivity contribution in [2.75, 3.05) is 0 Å². The summed E-state index contributed by atoms with van der Waals surface area (Å²) >= 11 is 0. The van der Waals surface area contributed by atoms with Crippen LogP contribution in [0.1, 0.15) is 54.9 Å². The lowest BCUT2D eigenvalue weighted by molar-refractivity contribution is 0.00149. The van der Waals surface area contributed by atoms with Crippen LogP contribution in [0.5, 0.6) is 0 Å². The first-order chi connectivity index (χ1) is 9.74. The molecule has 0 aromatic heterocycles. The fourth-order valence-electron chi connectivity index (χ4n) is 2.92. The second-order valence-corrected chi connectivity index (χ2v) is 5.50. The Bertz CT molecular complexity index is 448. The number of benzene rings is 1. The summed E-state index contributed by atoms with van der Waals surface area (Å²) in [5.41, 5.74) is 3.67. The zero-order valence-electron chi connectivity index (χ0n) is 12.1. The van der Waals surface area contributed by atoms with Crippen LogP contribution in [0.2, 0.25) is 0 Å². The van der Waals surface area contributed by atoms with Crippen molar-refractivity contribution in [3.8, 4) is 0 Å². The number of carbonyl (C=O) groups excluding carboxylic acids is 1. The van der Waals surface area contributed by atoms with E-state index in [9.17, 15) is 4.79 Å². The van der Waals surface area contributed by atoms with Gasteiger partial charge in [-0.25, -0.2) is 5.84 Å². The summed E-state index contributed by atoms with van der Waals surface area (Å²) in [6.45, 7) is 2.72. The molecule has 1 aliphatic carbocycles. The standard InChI is InChI=1S/C16H24N2O2/c1-2-12-6-5-8-14(10-12)20-11-13-7-3-4-9-15(13)16(19)18-17/h3-4,7,9,12,14H,2,5-6,8,10-11,17H2,1H3,(H,18,19). The molecule has 2 atom stereocenters. The van der Waals surface area contributed by atoms with E-state index in [0.717, 1.165) is 24.3 Å². The zero-order chi connectivity index (χ0) is 14.4. The molecule has 1 fully saturated rings. The van der Waals surface area contributed by atoms with Crippen LogP contribution in [-0.4, -0.2) is 12.0 Å². The normalized spacial score (nSPS) is 22.5. The third kappa shape index (κ3) is 3.81. The Morgan fingerprint density at radius 2 is 2.20 bits per heavy atom. The molecule has 0 bridgehead atoms. The van der Waals surface area contributed by atoms with E-state index in [0.29, 0.717) is 18.3 Å². The predicted octanol–water partition coefficient (Wildman–Crippen LogP) is 2.78. The van der Waals surface area contributed by atoms with Crippen LogP contribution >= 0.6 is 0 Å². The fourth-order valence-corrected chi connectivity index (χ4v) is 2.92. The van der Waals surface area contributed by atoms with Gasteiger partial charge < -0.3 is 4.74 Å². The van der Waals surface area contributed by atoms with Gasteiger partial charge in [0.05, 0.1) is 12.7 Å². The highest BCUT2D eigenvalue weighted by Gasteiger charge is 2.21. The van der Waals surface area contributed by atoms with Crippen molar-refractivity contribution >= 4 is 5.91 Å². The third-order valence-corrected chi connectivity index (χ3v) is 4.18. The Morgan fingerprint density at radius 1 is 1.40 bits per heavy atom. The SMILES string of the molecule is CCC1CCCC(OCc2ccccc2C(=O)NN)C1. The molecule has 3 N–H and O–H groups in total. The monoisotopic (exact) mass is 276 g/mol. The molecule has 1 saturated carbocycles. The Hall–Kier alpha value is -1.39. The molecular formula is C16H24N2O2. The van der Waals surface area contributed by atoms with Crippen LogP contribution in [0.4, 0.5) is 0 Å².